The standard InChI is InChI=1S/C24H24F3N3O4/c1-5-18(21(31)28-16-9-7-15(8-10-16)23(33)34-6-2)30-19-12-14(4)13(3)11-17(19)29-20(22(30)32)24(25,26)27/h7-12,18H,5-6H2,1-4H3,(H,28,31)/t18-/m0/s1. The van der Waals surface area contributed by atoms with E-state index in [0.29, 0.717) is 11.3 Å². The summed E-state index contributed by atoms with van der Waals surface area (Å²) in [6, 6.07) is 7.65. The number of benzene rings is 2. The average molecular weight is 475 g/mol. The van der Waals surface area contributed by atoms with Crippen LogP contribution in [0.25, 0.3) is 11.0 Å². The van der Waals surface area contributed by atoms with Crippen LogP contribution in [-0.2, 0) is 15.7 Å². The molecule has 0 aliphatic heterocycles. The number of fused-ring (bicyclic) bond motifs is 1. The number of aryl methyl sites for hydroxylation is 2. The summed E-state index contributed by atoms with van der Waals surface area (Å²) in [5, 5.41) is 2.61. The molecule has 1 amide bonds. The molecule has 1 atom stereocenters. The predicted octanol–water partition coefficient (Wildman–Crippen LogP) is 4.80. The molecule has 1 aromatic heterocycles. The molecule has 0 aliphatic rings. The van der Waals surface area contributed by atoms with Gasteiger partial charge in [-0.25, -0.2) is 9.78 Å². The molecule has 7 nitrogen and oxygen atoms in total. The van der Waals surface area contributed by atoms with E-state index >= 15 is 0 Å². The van der Waals surface area contributed by atoms with Crippen molar-refractivity contribution in [2.75, 3.05) is 11.9 Å². The summed E-state index contributed by atoms with van der Waals surface area (Å²) in [7, 11) is 0. The highest BCUT2D eigenvalue weighted by Crippen LogP contribution is 2.29. The van der Waals surface area contributed by atoms with Gasteiger partial charge in [0.05, 0.1) is 23.2 Å². The Kier molecular flexibility index (Phi) is 7.09. The Hall–Kier alpha value is -3.69. The maximum atomic E-state index is 13.6. The number of hydrogen-bond donors (Lipinski definition) is 1. The molecule has 2 aromatic carbocycles. The van der Waals surface area contributed by atoms with Gasteiger partial charge in [0.2, 0.25) is 11.6 Å². The zero-order valence-corrected chi connectivity index (χ0v) is 19.1. The molecule has 3 rings (SSSR count). The second-order valence-electron chi connectivity index (χ2n) is 7.77. The lowest BCUT2D eigenvalue weighted by Gasteiger charge is -2.22. The van der Waals surface area contributed by atoms with E-state index in [1.165, 1.54) is 30.3 Å². The molecule has 0 unspecified atom stereocenters. The van der Waals surface area contributed by atoms with Crippen molar-refractivity contribution in [1.29, 1.82) is 0 Å². The van der Waals surface area contributed by atoms with Crippen LogP contribution in [-0.4, -0.2) is 28.0 Å². The van der Waals surface area contributed by atoms with Gasteiger partial charge in [-0.2, -0.15) is 13.2 Å². The van der Waals surface area contributed by atoms with E-state index in [1.807, 2.05) is 0 Å². The van der Waals surface area contributed by atoms with Gasteiger partial charge in [-0.3, -0.25) is 14.2 Å². The number of alkyl halides is 3. The van der Waals surface area contributed by atoms with Crippen molar-refractivity contribution < 1.29 is 27.5 Å². The SMILES string of the molecule is CCOC(=O)c1ccc(NC(=O)[C@H](CC)n2c(=O)c(C(F)(F)F)nc3cc(C)c(C)cc32)cc1. The number of nitrogens with zero attached hydrogens (tertiary/aromatic N) is 2. The van der Waals surface area contributed by atoms with Gasteiger partial charge in [0.25, 0.3) is 5.56 Å². The third kappa shape index (κ3) is 4.95. The molecule has 0 radical (unpaired) electrons. The van der Waals surface area contributed by atoms with Crippen molar-refractivity contribution in [2.24, 2.45) is 0 Å². The first kappa shape index (κ1) is 24.9. The highest BCUT2D eigenvalue weighted by Gasteiger charge is 2.38. The fourth-order valence-electron chi connectivity index (χ4n) is 3.57. The molecule has 34 heavy (non-hydrogen) atoms. The monoisotopic (exact) mass is 475 g/mol. The second kappa shape index (κ2) is 9.66. The molecule has 1 heterocycles. The third-order valence-electron chi connectivity index (χ3n) is 5.44. The number of anilines is 1. The van der Waals surface area contributed by atoms with Gasteiger partial charge < -0.3 is 10.1 Å². The Morgan fingerprint density at radius 1 is 1.09 bits per heavy atom. The minimum atomic E-state index is -4.98. The Labute approximate surface area is 193 Å². The van der Waals surface area contributed by atoms with Crippen LogP contribution in [0.4, 0.5) is 18.9 Å². The summed E-state index contributed by atoms with van der Waals surface area (Å²) in [5.41, 5.74) is -0.809. The Bertz CT molecular complexity index is 1300. The summed E-state index contributed by atoms with van der Waals surface area (Å²) in [5.74, 6) is -1.20. The van der Waals surface area contributed by atoms with Crippen LogP contribution < -0.4 is 10.9 Å². The van der Waals surface area contributed by atoms with Crippen molar-refractivity contribution in [3.63, 3.8) is 0 Å². The number of hydrogen-bond acceptors (Lipinski definition) is 5. The molecule has 0 saturated carbocycles. The van der Waals surface area contributed by atoms with E-state index in [1.54, 1.807) is 33.8 Å². The number of rotatable bonds is 6. The quantitative estimate of drug-likeness (QED) is 0.518. The fourth-order valence-corrected chi connectivity index (χ4v) is 3.57. The predicted molar refractivity (Wildman–Crippen MR) is 121 cm³/mol. The van der Waals surface area contributed by atoms with Crippen molar-refractivity contribution >= 4 is 28.6 Å². The molecule has 0 saturated heterocycles. The minimum absolute atomic E-state index is 0.0277. The van der Waals surface area contributed by atoms with Gasteiger partial charge in [-0.05, 0) is 74.7 Å². The zero-order chi connectivity index (χ0) is 25.2. The van der Waals surface area contributed by atoms with Gasteiger partial charge in [0.1, 0.15) is 6.04 Å². The number of ether oxygens (including phenoxy) is 1. The van der Waals surface area contributed by atoms with E-state index in [0.717, 1.165) is 10.1 Å². The summed E-state index contributed by atoms with van der Waals surface area (Å²) in [6.45, 7) is 6.97. The third-order valence-corrected chi connectivity index (χ3v) is 5.44. The molecule has 0 spiro atoms. The zero-order valence-electron chi connectivity index (χ0n) is 19.1. The molecule has 10 heteroatoms. The van der Waals surface area contributed by atoms with Gasteiger partial charge in [0.15, 0.2) is 0 Å². The lowest BCUT2D eigenvalue weighted by Crippen LogP contribution is -2.37. The van der Waals surface area contributed by atoms with Crippen LogP contribution in [0.3, 0.4) is 0 Å². The van der Waals surface area contributed by atoms with Gasteiger partial charge in [-0.15, -0.1) is 0 Å². The van der Waals surface area contributed by atoms with Crippen molar-refractivity contribution in [3.05, 3.63) is 69.1 Å². The number of carbonyl (C=O) groups is 2. The molecule has 0 bridgehead atoms. The first-order valence-corrected chi connectivity index (χ1v) is 10.7. The first-order valence-electron chi connectivity index (χ1n) is 10.7. The van der Waals surface area contributed by atoms with Crippen LogP contribution in [0.5, 0.6) is 0 Å². The topological polar surface area (TPSA) is 90.3 Å². The van der Waals surface area contributed by atoms with Crippen LogP contribution in [0.15, 0.2) is 41.2 Å². The Morgan fingerprint density at radius 3 is 2.26 bits per heavy atom. The van der Waals surface area contributed by atoms with Crippen molar-refractivity contribution in [2.45, 2.75) is 46.3 Å². The maximum absolute atomic E-state index is 13.6. The van der Waals surface area contributed by atoms with E-state index in [-0.39, 0.29) is 29.6 Å². The number of carbonyl (C=O) groups excluding carboxylic acids is 2. The molecule has 3 aromatic rings. The van der Waals surface area contributed by atoms with Gasteiger partial charge >= 0.3 is 12.1 Å². The van der Waals surface area contributed by atoms with E-state index in [2.05, 4.69) is 10.3 Å². The molecule has 1 N–H and O–H groups in total. The number of nitrogens with one attached hydrogen (secondary N) is 1. The smallest absolute Gasteiger partial charge is 0.438 e. The Morgan fingerprint density at radius 2 is 1.71 bits per heavy atom. The number of aromatic nitrogens is 2. The van der Waals surface area contributed by atoms with Crippen LogP contribution in [0.1, 0.15) is 53.5 Å². The van der Waals surface area contributed by atoms with E-state index < -0.39 is 35.3 Å². The average Bonchev–Trinajstić information content (AvgIpc) is 2.76. The molecule has 0 fully saturated rings. The molecular formula is C24H24F3N3O4. The van der Waals surface area contributed by atoms with Gasteiger partial charge in [0, 0.05) is 5.69 Å². The maximum Gasteiger partial charge on any atom is 0.438 e. The normalized spacial score (nSPS) is 12.4. The molecule has 0 aliphatic carbocycles. The molecular weight excluding hydrogens is 451 g/mol. The first-order chi connectivity index (χ1) is 16.0. The lowest BCUT2D eigenvalue weighted by molar-refractivity contribution is -0.142. The summed E-state index contributed by atoms with van der Waals surface area (Å²) < 4.78 is 46.6. The number of amides is 1. The summed E-state index contributed by atoms with van der Waals surface area (Å²) in [6.07, 6.45) is -4.93. The fraction of sp³-hybridized carbons (Fsp3) is 0.333. The minimum Gasteiger partial charge on any atom is -0.462 e. The van der Waals surface area contributed by atoms with Gasteiger partial charge in [-0.1, -0.05) is 6.92 Å². The molecule has 180 valence electrons. The number of halogens is 3. The Balaban J connectivity index is 2.06. The largest absolute Gasteiger partial charge is 0.462 e. The van der Waals surface area contributed by atoms with E-state index in [4.69, 9.17) is 4.74 Å². The summed E-state index contributed by atoms with van der Waals surface area (Å²) >= 11 is 0. The second-order valence-corrected chi connectivity index (χ2v) is 7.77. The highest BCUT2D eigenvalue weighted by molar-refractivity contribution is 5.96. The van der Waals surface area contributed by atoms with Crippen LogP contribution in [0.2, 0.25) is 0 Å². The highest BCUT2D eigenvalue weighted by atomic mass is 19.4. The van der Waals surface area contributed by atoms with Crippen LogP contribution >= 0.6 is 0 Å². The van der Waals surface area contributed by atoms with E-state index in [9.17, 15) is 27.6 Å². The van der Waals surface area contributed by atoms with Crippen LogP contribution in [0, 0.1) is 13.8 Å². The van der Waals surface area contributed by atoms with Crippen molar-refractivity contribution in [3.8, 4) is 0 Å². The number of esters is 1. The summed E-state index contributed by atoms with van der Waals surface area (Å²) in [4.78, 5) is 41.4. The van der Waals surface area contributed by atoms with Crippen molar-refractivity contribution in [1.82, 2.24) is 9.55 Å². The lowest BCUT2D eigenvalue weighted by atomic mass is 10.1.